The first-order valence-corrected chi connectivity index (χ1v) is 13.9. The van der Waals surface area contributed by atoms with E-state index in [-0.39, 0.29) is 0 Å². The Bertz CT molecular complexity index is 1280. The number of nitrogens with one attached hydrogen (secondary N) is 2. The maximum Gasteiger partial charge on any atom is 0.170 e. The number of anilines is 1. The average molecular weight is 528 g/mol. The van der Waals surface area contributed by atoms with Gasteiger partial charge in [-0.15, -0.1) is 0 Å². The second-order valence-corrected chi connectivity index (χ2v) is 10.5. The topological polar surface area (TPSA) is 67.7 Å². The van der Waals surface area contributed by atoms with E-state index in [1.165, 1.54) is 25.7 Å². The molecule has 2 heterocycles. The van der Waals surface area contributed by atoms with Crippen LogP contribution in [0.5, 0.6) is 0 Å². The molecule has 9 heteroatoms. The minimum atomic E-state index is 0.631. The lowest BCUT2D eigenvalue weighted by Crippen LogP contribution is -2.26. The molecule has 0 unspecified atom stereocenters. The predicted octanol–water partition coefficient (Wildman–Crippen LogP) is 6.88. The van der Waals surface area contributed by atoms with Crippen LogP contribution in [-0.4, -0.2) is 38.9 Å². The van der Waals surface area contributed by atoms with E-state index in [0.717, 1.165) is 53.1 Å². The molecule has 1 saturated carbocycles. The third-order valence-electron chi connectivity index (χ3n) is 6.68. The van der Waals surface area contributed by atoms with Crippen LogP contribution in [0.15, 0.2) is 54.9 Å². The van der Waals surface area contributed by atoms with Crippen molar-refractivity contribution in [2.24, 2.45) is 11.8 Å². The Morgan fingerprint density at radius 2 is 1.66 bits per heavy atom. The summed E-state index contributed by atoms with van der Waals surface area (Å²) in [6.07, 6.45) is 8.67. The Morgan fingerprint density at radius 3 is 2.37 bits per heavy atom. The van der Waals surface area contributed by atoms with Crippen molar-refractivity contribution >= 4 is 52.1 Å². The summed E-state index contributed by atoms with van der Waals surface area (Å²) in [7, 11) is 0. The van der Waals surface area contributed by atoms with Crippen molar-refractivity contribution in [3.63, 3.8) is 0 Å². The Labute approximate surface area is 220 Å². The van der Waals surface area contributed by atoms with Crippen LogP contribution in [0, 0.1) is 11.8 Å². The lowest BCUT2D eigenvalue weighted by atomic mass is 9.82. The number of aromatic nitrogens is 4. The van der Waals surface area contributed by atoms with E-state index in [1.54, 1.807) is 18.3 Å². The molecular formula is C26H28Cl2N6S. The van der Waals surface area contributed by atoms with E-state index in [4.69, 9.17) is 28.2 Å². The van der Waals surface area contributed by atoms with Gasteiger partial charge in [-0.25, -0.2) is 15.0 Å². The van der Waals surface area contributed by atoms with Gasteiger partial charge in [0.1, 0.15) is 12.2 Å². The van der Waals surface area contributed by atoms with Gasteiger partial charge in [0.15, 0.2) is 17.0 Å². The molecule has 182 valence electrons. The lowest BCUT2D eigenvalue weighted by molar-refractivity contribution is 0.285. The van der Waals surface area contributed by atoms with E-state index in [1.807, 2.05) is 53.1 Å². The molecule has 0 atom stereocenters. The van der Waals surface area contributed by atoms with Gasteiger partial charge in [0.25, 0.3) is 0 Å². The number of benzene rings is 2. The molecule has 2 N–H and O–H groups in total. The maximum atomic E-state index is 6.59. The van der Waals surface area contributed by atoms with Crippen molar-refractivity contribution in [1.82, 2.24) is 24.2 Å². The molecular weight excluding hydrogens is 499 g/mol. The van der Waals surface area contributed by atoms with Crippen LogP contribution in [0.2, 0.25) is 10.0 Å². The van der Waals surface area contributed by atoms with E-state index in [2.05, 4.69) is 26.3 Å². The molecule has 1 fully saturated rings. The monoisotopic (exact) mass is 526 g/mol. The van der Waals surface area contributed by atoms with Crippen molar-refractivity contribution in [2.75, 3.05) is 24.7 Å². The Kier molecular flexibility index (Phi) is 7.78. The largest absolute Gasteiger partial charge is 0.368 e. The van der Waals surface area contributed by atoms with Gasteiger partial charge in [0, 0.05) is 29.4 Å². The number of hydrogen-bond acceptors (Lipinski definition) is 6. The molecule has 0 amide bonds. The summed E-state index contributed by atoms with van der Waals surface area (Å²) in [6.45, 7) is 1.98. The van der Waals surface area contributed by atoms with Crippen LogP contribution >= 0.6 is 35.1 Å². The van der Waals surface area contributed by atoms with E-state index < -0.39 is 0 Å². The van der Waals surface area contributed by atoms with Gasteiger partial charge >= 0.3 is 0 Å². The van der Waals surface area contributed by atoms with Crippen molar-refractivity contribution in [2.45, 2.75) is 25.7 Å². The average Bonchev–Trinajstić information content (AvgIpc) is 3.27. The van der Waals surface area contributed by atoms with Gasteiger partial charge in [-0.2, -0.15) is 0 Å². The molecule has 5 rings (SSSR count). The summed E-state index contributed by atoms with van der Waals surface area (Å²) < 4.78 is 5.43. The Balaban J connectivity index is 1.45. The van der Waals surface area contributed by atoms with Crippen molar-refractivity contribution in [3.05, 3.63) is 64.9 Å². The fourth-order valence-corrected chi connectivity index (χ4v) is 5.51. The molecule has 6 nitrogen and oxygen atoms in total. The number of imidazole rings is 1. The van der Waals surface area contributed by atoms with Crippen LogP contribution in [0.4, 0.5) is 5.82 Å². The number of hydrogen-bond donors (Lipinski definition) is 2. The summed E-state index contributed by atoms with van der Waals surface area (Å²) in [6, 6.07) is 15.4. The minimum Gasteiger partial charge on any atom is -0.368 e. The van der Waals surface area contributed by atoms with Crippen molar-refractivity contribution in [1.29, 1.82) is 0 Å². The zero-order chi connectivity index (χ0) is 24.2. The van der Waals surface area contributed by atoms with Gasteiger partial charge in [0.05, 0.1) is 5.02 Å². The Morgan fingerprint density at radius 1 is 0.943 bits per heavy atom. The zero-order valence-corrected chi connectivity index (χ0v) is 21.9. The highest BCUT2D eigenvalue weighted by molar-refractivity contribution is 7.96. The van der Waals surface area contributed by atoms with E-state index in [0.29, 0.717) is 16.0 Å². The molecule has 4 aromatic rings. The predicted molar refractivity (Wildman–Crippen MR) is 148 cm³/mol. The summed E-state index contributed by atoms with van der Waals surface area (Å²) in [5, 5.41) is 4.89. The molecule has 1 aliphatic carbocycles. The van der Waals surface area contributed by atoms with Gasteiger partial charge in [-0.3, -0.25) is 9.29 Å². The molecule has 1 aliphatic rings. The van der Waals surface area contributed by atoms with Gasteiger partial charge in [-0.05, 0) is 80.2 Å². The Hall–Kier alpha value is -2.32. The van der Waals surface area contributed by atoms with Crippen molar-refractivity contribution < 1.29 is 0 Å². The molecule has 2 aromatic heterocycles. The quantitative estimate of drug-likeness (QED) is 0.244. The molecule has 0 bridgehead atoms. The molecule has 0 radical (unpaired) electrons. The third-order valence-corrected chi connectivity index (χ3v) is 7.72. The second kappa shape index (κ2) is 11.2. The maximum absolute atomic E-state index is 6.59. The van der Waals surface area contributed by atoms with Crippen LogP contribution < -0.4 is 10.0 Å². The summed E-state index contributed by atoms with van der Waals surface area (Å²) >= 11 is 14.5. The smallest absolute Gasteiger partial charge is 0.170 e. The highest BCUT2D eigenvalue weighted by Gasteiger charge is 2.23. The summed E-state index contributed by atoms with van der Waals surface area (Å²) in [5.74, 6) is 2.88. The SMILES string of the molecule is CSNCC1CCC(CNc2ncnc3c2nc(-c2ccccc2Cl)n3-c2ccc(Cl)cc2)CC1. The molecule has 35 heavy (non-hydrogen) atoms. The van der Waals surface area contributed by atoms with E-state index in [9.17, 15) is 0 Å². The minimum absolute atomic E-state index is 0.631. The highest BCUT2D eigenvalue weighted by Crippen LogP contribution is 2.34. The first-order chi connectivity index (χ1) is 17.1. The van der Waals surface area contributed by atoms with Crippen LogP contribution in [-0.2, 0) is 0 Å². The van der Waals surface area contributed by atoms with Gasteiger partial charge < -0.3 is 5.32 Å². The summed E-state index contributed by atoms with van der Waals surface area (Å²) in [5.41, 5.74) is 3.21. The van der Waals surface area contributed by atoms with Gasteiger partial charge in [0.2, 0.25) is 0 Å². The van der Waals surface area contributed by atoms with E-state index >= 15 is 0 Å². The normalized spacial score (nSPS) is 18.1. The fourth-order valence-electron chi connectivity index (χ4n) is 4.76. The number of nitrogens with zero attached hydrogens (tertiary/aromatic N) is 4. The van der Waals surface area contributed by atoms with Crippen LogP contribution in [0.1, 0.15) is 25.7 Å². The van der Waals surface area contributed by atoms with Crippen LogP contribution in [0.3, 0.4) is 0 Å². The molecule has 2 aromatic carbocycles. The van der Waals surface area contributed by atoms with Crippen molar-refractivity contribution in [3.8, 4) is 17.1 Å². The molecule has 0 saturated heterocycles. The molecule has 0 spiro atoms. The second-order valence-electron chi connectivity index (χ2n) is 8.94. The first-order valence-electron chi connectivity index (χ1n) is 11.9. The number of fused-ring (bicyclic) bond motifs is 1. The third kappa shape index (κ3) is 5.43. The summed E-state index contributed by atoms with van der Waals surface area (Å²) in [4.78, 5) is 14.2. The number of rotatable bonds is 8. The lowest BCUT2D eigenvalue weighted by Gasteiger charge is -2.28. The number of halogens is 2. The van der Waals surface area contributed by atoms with Crippen LogP contribution in [0.25, 0.3) is 28.2 Å². The molecule has 0 aliphatic heterocycles. The first kappa shape index (κ1) is 24.4. The highest BCUT2D eigenvalue weighted by atomic mass is 35.5. The van der Waals surface area contributed by atoms with Gasteiger partial charge in [-0.1, -0.05) is 47.3 Å². The standard InChI is InChI=1S/C26H28Cl2N6S/c1-35-32-15-18-8-6-17(7-9-18)14-29-24-23-26(31-16-30-24)34(20-12-10-19(27)11-13-20)25(33-23)21-4-2-3-5-22(21)28/h2-5,10-13,16-18,32H,6-9,14-15H2,1H3,(H,29,30,31). The fraction of sp³-hybridized carbons (Fsp3) is 0.346. The zero-order valence-electron chi connectivity index (χ0n) is 19.5.